The summed E-state index contributed by atoms with van der Waals surface area (Å²) in [7, 11) is 1.47. The summed E-state index contributed by atoms with van der Waals surface area (Å²) in [5, 5.41) is 5.86. The van der Waals surface area contributed by atoms with Crippen molar-refractivity contribution in [2.75, 3.05) is 37.4 Å². The van der Waals surface area contributed by atoms with Crippen LogP contribution in [-0.2, 0) is 19.1 Å². The molecule has 2 atom stereocenters. The van der Waals surface area contributed by atoms with Crippen molar-refractivity contribution in [3.8, 4) is 0 Å². The van der Waals surface area contributed by atoms with Gasteiger partial charge in [0.2, 0.25) is 17.7 Å². The molecule has 3 aromatic rings. The van der Waals surface area contributed by atoms with E-state index in [2.05, 4.69) is 15.6 Å². The summed E-state index contributed by atoms with van der Waals surface area (Å²) in [5.74, 6) is -0.757. The van der Waals surface area contributed by atoms with Gasteiger partial charge in [-0.3, -0.25) is 24.2 Å². The highest BCUT2D eigenvalue weighted by molar-refractivity contribution is 6.01. The molecular weight excluding hydrogens is 546 g/mol. The summed E-state index contributed by atoms with van der Waals surface area (Å²) in [6.07, 6.45) is 9.87. The van der Waals surface area contributed by atoms with Gasteiger partial charge in [-0.05, 0) is 73.2 Å². The largest absolute Gasteiger partial charge is 0.375 e. The number of likely N-dealkylation sites (tertiary alicyclic amines) is 2. The highest BCUT2D eigenvalue weighted by atomic mass is 16.5. The predicted molar refractivity (Wildman–Crippen MR) is 164 cm³/mol. The van der Waals surface area contributed by atoms with Crippen LogP contribution in [0.15, 0.2) is 73.1 Å². The minimum absolute atomic E-state index is 0.0308. The maximum Gasteiger partial charge on any atom is 0.256 e. The third-order valence-corrected chi connectivity index (χ3v) is 7.69. The van der Waals surface area contributed by atoms with Crippen molar-refractivity contribution in [3.63, 3.8) is 0 Å². The molecule has 2 aliphatic rings. The van der Waals surface area contributed by atoms with Gasteiger partial charge in [-0.2, -0.15) is 0 Å². The molecule has 0 saturated carbocycles. The van der Waals surface area contributed by atoms with Crippen molar-refractivity contribution >= 4 is 47.2 Å². The van der Waals surface area contributed by atoms with E-state index >= 15 is 0 Å². The van der Waals surface area contributed by atoms with Crippen LogP contribution in [0.4, 0.5) is 11.4 Å². The second kappa shape index (κ2) is 13.9. The van der Waals surface area contributed by atoms with Gasteiger partial charge in [-0.25, -0.2) is 0 Å². The molecule has 2 fully saturated rings. The smallest absolute Gasteiger partial charge is 0.256 e. The molecule has 2 saturated heterocycles. The summed E-state index contributed by atoms with van der Waals surface area (Å²) < 4.78 is 4.93. The number of nitrogens with one attached hydrogen (secondary N) is 2. The summed E-state index contributed by atoms with van der Waals surface area (Å²) >= 11 is 0. The van der Waals surface area contributed by atoms with Gasteiger partial charge in [-0.15, -0.1) is 0 Å². The molecule has 2 aromatic carbocycles. The highest BCUT2D eigenvalue weighted by Gasteiger charge is 2.35. The van der Waals surface area contributed by atoms with Crippen LogP contribution in [0.5, 0.6) is 0 Å². The number of methoxy groups -OCH3 is 1. The monoisotopic (exact) mass is 581 g/mol. The molecule has 0 bridgehead atoms. The summed E-state index contributed by atoms with van der Waals surface area (Å²) in [5.41, 5.74) is 3.70. The van der Waals surface area contributed by atoms with Crippen molar-refractivity contribution in [3.05, 3.63) is 89.7 Å². The molecule has 2 N–H and O–H groups in total. The number of carbonyl (C=O) groups is 4. The third-order valence-electron chi connectivity index (χ3n) is 7.69. The molecule has 0 spiro atoms. The van der Waals surface area contributed by atoms with Crippen LogP contribution < -0.4 is 10.6 Å². The molecule has 4 amide bonds. The number of aromatic nitrogens is 1. The summed E-state index contributed by atoms with van der Waals surface area (Å²) in [4.78, 5) is 58.1. The van der Waals surface area contributed by atoms with E-state index in [0.29, 0.717) is 42.9 Å². The molecule has 1 aromatic heterocycles. The minimum atomic E-state index is -0.518. The topological polar surface area (TPSA) is 121 Å². The van der Waals surface area contributed by atoms with Gasteiger partial charge >= 0.3 is 0 Å². The second-order valence-electron chi connectivity index (χ2n) is 10.6. The third kappa shape index (κ3) is 7.34. The number of nitrogens with zero attached hydrogens (tertiary/aromatic N) is 3. The van der Waals surface area contributed by atoms with Gasteiger partial charge in [0.1, 0.15) is 18.7 Å². The standard InChI is InChI=1S/C33H35N5O5/c1-43-22-30(39)37-19-3-6-28(37)31(40)35-26-14-10-23(11-15-26)8-9-24-12-16-27(17-13-24)36-32(41)29-7-4-20-38(29)33(42)25-5-2-18-34-21-25/h2,5,8-18,21,28-29H,3-4,6-7,19-20,22H2,1H3,(H,35,40)(H,36,41)/b9-8+/t28-,29-/m0/s1. The molecular formula is C33H35N5O5. The first-order valence-electron chi connectivity index (χ1n) is 14.4. The zero-order valence-corrected chi connectivity index (χ0v) is 24.1. The van der Waals surface area contributed by atoms with Crippen LogP contribution in [0.25, 0.3) is 12.2 Å². The number of ether oxygens (including phenoxy) is 1. The number of benzene rings is 2. The van der Waals surface area contributed by atoms with E-state index in [4.69, 9.17) is 4.74 Å². The molecule has 43 heavy (non-hydrogen) atoms. The minimum Gasteiger partial charge on any atom is -0.375 e. The van der Waals surface area contributed by atoms with Crippen molar-refractivity contribution in [2.24, 2.45) is 0 Å². The number of hydrogen-bond donors (Lipinski definition) is 2. The predicted octanol–water partition coefficient (Wildman–Crippen LogP) is 4.07. The molecule has 222 valence electrons. The fraction of sp³-hybridized carbons (Fsp3) is 0.303. The van der Waals surface area contributed by atoms with E-state index < -0.39 is 12.1 Å². The Morgan fingerprint density at radius 1 is 0.814 bits per heavy atom. The van der Waals surface area contributed by atoms with Gasteiger partial charge in [-0.1, -0.05) is 36.4 Å². The molecule has 0 unspecified atom stereocenters. The molecule has 2 aliphatic heterocycles. The lowest BCUT2D eigenvalue weighted by molar-refractivity contribution is -0.139. The van der Waals surface area contributed by atoms with Crippen LogP contribution in [0.3, 0.4) is 0 Å². The maximum absolute atomic E-state index is 13.0. The lowest BCUT2D eigenvalue weighted by atomic mass is 10.1. The molecule has 0 aliphatic carbocycles. The van der Waals surface area contributed by atoms with Crippen molar-refractivity contribution in [1.82, 2.24) is 14.8 Å². The Kier molecular flexibility index (Phi) is 9.58. The first kappa shape index (κ1) is 29.7. The number of amides is 4. The van der Waals surface area contributed by atoms with Crippen LogP contribution in [0.2, 0.25) is 0 Å². The molecule has 10 nitrogen and oxygen atoms in total. The van der Waals surface area contributed by atoms with E-state index in [0.717, 1.165) is 24.0 Å². The Labute approximate surface area is 250 Å². The SMILES string of the molecule is COCC(=O)N1CCC[C@H]1C(=O)Nc1ccc(/C=C/c2ccc(NC(=O)[C@@H]3CCCN3C(=O)c3cccnc3)cc2)cc1. The zero-order chi connectivity index (χ0) is 30.2. The average molecular weight is 582 g/mol. The summed E-state index contributed by atoms with van der Waals surface area (Å²) in [6, 6.07) is 17.4. The first-order chi connectivity index (χ1) is 20.9. The van der Waals surface area contributed by atoms with Crippen LogP contribution in [-0.4, -0.2) is 77.3 Å². The van der Waals surface area contributed by atoms with Crippen molar-refractivity contribution < 1.29 is 23.9 Å². The highest BCUT2D eigenvalue weighted by Crippen LogP contribution is 2.23. The summed E-state index contributed by atoms with van der Waals surface area (Å²) in [6.45, 7) is 1.07. The van der Waals surface area contributed by atoms with E-state index in [1.807, 2.05) is 60.7 Å². The number of rotatable bonds is 9. The lowest BCUT2D eigenvalue weighted by Gasteiger charge is -2.24. The first-order valence-corrected chi connectivity index (χ1v) is 14.4. The van der Waals surface area contributed by atoms with E-state index in [1.54, 1.807) is 28.1 Å². The quantitative estimate of drug-likeness (QED) is 0.368. The van der Waals surface area contributed by atoms with E-state index in [1.165, 1.54) is 13.3 Å². The van der Waals surface area contributed by atoms with E-state index in [-0.39, 0.29) is 30.2 Å². The molecule has 10 heteroatoms. The Hall–Kier alpha value is -4.83. The molecule has 0 radical (unpaired) electrons. The van der Waals surface area contributed by atoms with Gasteiger partial charge < -0.3 is 25.2 Å². The van der Waals surface area contributed by atoms with Crippen molar-refractivity contribution in [1.29, 1.82) is 0 Å². The number of carbonyl (C=O) groups excluding carboxylic acids is 4. The Morgan fingerprint density at radius 2 is 1.35 bits per heavy atom. The Bertz CT molecular complexity index is 1470. The van der Waals surface area contributed by atoms with Crippen LogP contribution in [0, 0.1) is 0 Å². The Balaban J connectivity index is 1.13. The van der Waals surface area contributed by atoms with Gasteiger partial charge in [0, 0.05) is 44.0 Å². The average Bonchev–Trinajstić information content (AvgIpc) is 3.73. The zero-order valence-electron chi connectivity index (χ0n) is 24.1. The van der Waals surface area contributed by atoms with Gasteiger partial charge in [0.05, 0.1) is 5.56 Å². The van der Waals surface area contributed by atoms with Crippen LogP contribution >= 0.6 is 0 Å². The van der Waals surface area contributed by atoms with Crippen molar-refractivity contribution in [2.45, 2.75) is 37.8 Å². The number of hydrogen-bond acceptors (Lipinski definition) is 6. The normalized spacial score (nSPS) is 18.2. The number of anilines is 2. The Morgan fingerprint density at radius 3 is 1.86 bits per heavy atom. The molecule has 5 rings (SSSR count). The lowest BCUT2D eigenvalue weighted by Crippen LogP contribution is -2.44. The fourth-order valence-electron chi connectivity index (χ4n) is 5.48. The fourth-order valence-corrected chi connectivity index (χ4v) is 5.48. The van der Waals surface area contributed by atoms with Gasteiger partial charge in [0.15, 0.2) is 0 Å². The second-order valence-corrected chi connectivity index (χ2v) is 10.6. The maximum atomic E-state index is 13.0. The van der Waals surface area contributed by atoms with Crippen LogP contribution in [0.1, 0.15) is 47.2 Å². The van der Waals surface area contributed by atoms with Gasteiger partial charge in [0.25, 0.3) is 5.91 Å². The van der Waals surface area contributed by atoms with E-state index in [9.17, 15) is 19.2 Å². The molecule has 3 heterocycles. The number of pyridine rings is 1.